The first-order valence-corrected chi connectivity index (χ1v) is 7.91. The molecule has 0 amide bonds. The van der Waals surface area contributed by atoms with Crippen LogP contribution in [0.3, 0.4) is 0 Å². The van der Waals surface area contributed by atoms with Crippen molar-refractivity contribution in [2.24, 2.45) is 0 Å². The van der Waals surface area contributed by atoms with Crippen LogP contribution < -0.4 is 44.8 Å². The zero-order chi connectivity index (χ0) is 17.9. The molecule has 0 saturated heterocycles. The van der Waals surface area contributed by atoms with Crippen molar-refractivity contribution in [2.45, 2.75) is 26.4 Å². The number of aromatic carboxylic acids is 1. The molecule has 2 aromatic carbocycles. The van der Waals surface area contributed by atoms with Crippen molar-refractivity contribution in [3.63, 3.8) is 0 Å². The van der Waals surface area contributed by atoms with E-state index in [1.54, 1.807) is 6.07 Å². The number of hydrogen-bond acceptors (Lipinski definition) is 5. The number of carbonyl (C=O) groups is 1. The molecule has 0 saturated carbocycles. The van der Waals surface area contributed by atoms with Gasteiger partial charge in [-0.3, -0.25) is 4.79 Å². The minimum absolute atomic E-state index is 0. The Morgan fingerprint density at radius 1 is 1.15 bits per heavy atom. The minimum Gasteiger partial charge on any atom is -0.542 e. The SMILES string of the molecule is Cc1c2c(cc3oc(C(=O)[O-])cc(=O)c13)OC(C)(C)c1ccccc1-2.[Na+]. The van der Waals surface area contributed by atoms with Gasteiger partial charge in [-0.15, -0.1) is 0 Å². The van der Waals surface area contributed by atoms with E-state index in [1.165, 1.54) is 0 Å². The molecular formula is C20H15NaO5. The van der Waals surface area contributed by atoms with Gasteiger partial charge in [0, 0.05) is 23.3 Å². The van der Waals surface area contributed by atoms with Gasteiger partial charge >= 0.3 is 29.6 Å². The number of carbonyl (C=O) groups excluding carboxylic acids is 1. The molecule has 1 aliphatic heterocycles. The first-order valence-electron chi connectivity index (χ1n) is 7.91. The Hall–Kier alpha value is -2.08. The van der Waals surface area contributed by atoms with Crippen molar-refractivity contribution in [3.05, 3.63) is 63.5 Å². The number of hydrogen-bond donors (Lipinski definition) is 0. The summed E-state index contributed by atoms with van der Waals surface area (Å²) in [6, 6.07) is 10.4. The fraction of sp³-hybridized carbons (Fsp3) is 0.200. The van der Waals surface area contributed by atoms with Crippen LogP contribution in [0.1, 0.15) is 35.5 Å². The molecule has 126 valence electrons. The molecule has 0 N–H and O–H groups in total. The molecule has 4 rings (SSSR count). The van der Waals surface area contributed by atoms with Crippen molar-refractivity contribution in [1.29, 1.82) is 0 Å². The maximum atomic E-state index is 12.5. The van der Waals surface area contributed by atoms with Gasteiger partial charge in [-0.1, -0.05) is 24.3 Å². The third-order valence-electron chi connectivity index (χ3n) is 4.64. The van der Waals surface area contributed by atoms with E-state index in [1.807, 2.05) is 45.0 Å². The summed E-state index contributed by atoms with van der Waals surface area (Å²) in [7, 11) is 0. The van der Waals surface area contributed by atoms with Gasteiger partial charge in [0.05, 0.1) is 5.39 Å². The normalized spacial score (nSPS) is 14.0. The van der Waals surface area contributed by atoms with Gasteiger partial charge in [0.15, 0.2) is 11.2 Å². The van der Waals surface area contributed by atoms with E-state index < -0.39 is 22.8 Å². The predicted octanol–water partition coefficient (Wildman–Crippen LogP) is -0.237. The van der Waals surface area contributed by atoms with Crippen molar-refractivity contribution >= 4 is 16.9 Å². The van der Waals surface area contributed by atoms with Crippen LogP contribution in [0.5, 0.6) is 5.75 Å². The van der Waals surface area contributed by atoms with E-state index in [0.717, 1.165) is 22.8 Å². The molecular weight excluding hydrogens is 343 g/mol. The van der Waals surface area contributed by atoms with Crippen LogP contribution in [0.4, 0.5) is 0 Å². The third kappa shape index (κ3) is 2.67. The van der Waals surface area contributed by atoms with Crippen molar-refractivity contribution in [3.8, 4) is 16.9 Å². The Morgan fingerprint density at radius 3 is 2.54 bits per heavy atom. The molecule has 1 aromatic heterocycles. The molecule has 26 heavy (non-hydrogen) atoms. The number of aryl methyl sites for hydroxylation is 1. The Balaban J connectivity index is 0.00000196. The van der Waals surface area contributed by atoms with Gasteiger partial charge in [0.2, 0.25) is 0 Å². The van der Waals surface area contributed by atoms with Crippen LogP contribution >= 0.6 is 0 Å². The van der Waals surface area contributed by atoms with Crippen molar-refractivity contribution < 1.29 is 48.6 Å². The van der Waals surface area contributed by atoms with E-state index >= 15 is 0 Å². The zero-order valence-electron chi connectivity index (χ0n) is 15.0. The van der Waals surface area contributed by atoms with Crippen LogP contribution in [0.15, 0.2) is 45.6 Å². The van der Waals surface area contributed by atoms with Crippen LogP contribution in [0.2, 0.25) is 0 Å². The number of rotatable bonds is 1. The summed E-state index contributed by atoms with van der Waals surface area (Å²) in [5.74, 6) is -1.46. The average Bonchev–Trinajstić information content (AvgIpc) is 2.53. The minimum atomic E-state index is -1.53. The fourth-order valence-corrected chi connectivity index (χ4v) is 3.56. The molecule has 0 atom stereocenters. The van der Waals surface area contributed by atoms with Gasteiger partial charge in [-0.25, -0.2) is 0 Å². The summed E-state index contributed by atoms with van der Waals surface area (Å²) < 4.78 is 11.5. The molecule has 0 fully saturated rings. The smallest absolute Gasteiger partial charge is 0.542 e. The number of fused-ring (bicyclic) bond motifs is 4. The second kappa shape index (κ2) is 6.27. The molecule has 6 heteroatoms. The quantitative estimate of drug-likeness (QED) is 0.561. The Kier molecular flexibility index (Phi) is 4.51. The zero-order valence-corrected chi connectivity index (χ0v) is 17.0. The summed E-state index contributed by atoms with van der Waals surface area (Å²) in [6.07, 6.45) is 0. The Bertz CT molecular complexity index is 1110. The molecule has 1 aliphatic rings. The molecule has 3 aromatic rings. The van der Waals surface area contributed by atoms with Crippen LogP contribution in [0.25, 0.3) is 22.1 Å². The van der Waals surface area contributed by atoms with Crippen molar-refractivity contribution in [1.82, 2.24) is 0 Å². The van der Waals surface area contributed by atoms with E-state index in [0.29, 0.717) is 16.7 Å². The number of benzene rings is 2. The number of ether oxygens (including phenoxy) is 1. The number of carboxylic acid groups (broad SMARTS) is 1. The maximum Gasteiger partial charge on any atom is 1.00 e. The van der Waals surface area contributed by atoms with Gasteiger partial charge in [0.1, 0.15) is 22.9 Å². The van der Waals surface area contributed by atoms with Gasteiger partial charge in [-0.2, -0.15) is 0 Å². The van der Waals surface area contributed by atoms with Crippen LogP contribution in [-0.4, -0.2) is 5.97 Å². The summed E-state index contributed by atoms with van der Waals surface area (Å²) in [5, 5.41) is 11.4. The third-order valence-corrected chi connectivity index (χ3v) is 4.64. The van der Waals surface area contributed by atoms with Gasteiger partial charge < -0.3 is 19.1 Å². The second-order valence-corrected chi connectivity index (χ2v) is 6.67. The van der Waals surface area contributed by atoms with Gasteiger partial charge in [0.25, 0.3) is 0 Å². The van der Waals surface area contributed by atoms with E-state index in [4.69, 9.17) is 9.15 Å². The topological polar surface area (TPSA) is 79.6 Å². The molecule has 0 radical (unpaired) electrons. The Labute approximate surface area is 171 Å². The summed E-state index contributed by atoms with van der Waals surface area (Å²) >= 11 is 0. The molecule has 5 nitrogen and oxygen atoms in total. The maximum absolute atomic E-state index is 12.5. The van der Waals surface area contributed by atoms with E-state index in [2.05, 4.69) is 0 Å². The standard InChI is InChI=1S/C20H16O5.Na/c1-10-17-11-6-4-5-7-12(11)20(2,3)25-15(17)9-14-18(10)13(21)8-16(24-14)19(22)23;/h4-9H,1-3H3,(H,22,23);/q;+1/p-1. The van der Waals surface area contributed by atoms with Crippen molar-refractivity contribution in [2.75, 3.05) is 0 Å². The van der Waals surface area contributed by atoms with E-state index in [9.17, 15) is 14.7 Å². The largest absolute Gasteiger partial charge is 1.00 e. The second-order valence-electron chi connectivity index (χ2n) is 6.67. The number of carboxylic acids is 1. The summed E-state index contributed by atoms with van der Waals surface area (Å²) in [5.41, 5.74) is 2.76. The molecule has 0 aliphatic carbocycles. The summed E-state index contributed by atoms with van der Waals surface area (Å²) in [6.45, 7) is 5.74. The summed E-state index contributed by atoms with van der Waals surface area (Å²) in [4.78, 5) is 23.5. The van der Waals surface area contributed by atoms with E-state index in [-0.39, 0.29) is 35.1 Å². The molecule has 0 spiro atoms. The molecule has 0 bridgehead atoms. The Morgan fingerprint density at radius 2 is 1.85 bits per heavy atom. The molecule has 0 unspecified atom stereocenters. The van der Waals surface area contributed by atoms with Crippen LogP contribution in [-0.2, 0) is 5.60 Å². The van der Waals surface area contributed by atoms with Crippen LogP contribution in [0, 0.1) is 6.92 Å². The van der Waals surface area contributed by atoms with Gasteiger partial charge in [-0.05, 0) is 31.9 Å². The fourth-order valence-electron chi connectivity index (χ4n) is 3.56. The molecule has 2 heterocycles. The first-order chi connectivity index (χ1) is 11.8. The average molecular weight is 358 g/mol. The monoisotopic (exact) mass is 358 g/mol. The predicted molar refractivity (Wildman–Crippen MR) is 90.6 cm³/mol. The first kappa shape index (κ1) is 18.7.